The molecule has 0 fully saturated rings. The molecule has 2 heterocycles. The SMILES string of the molecule is Oc1c(Cl)cc(Cl)c2ccc(/C=C/C3=CCN(Cc4cccc(Br)c4)CC3)nc12. The van der Waals surface area contributed by atoms with Crippen LogP contribution in [0.2, 0.25) is 10.0 Å². The molecule has 0 saturated heterocycles. The fraction of sp³-hybridized carbons (Fsp3) is 0.174. The van der Waals surface area contributed by atoms with E-state index in [4.69, 9.17) is 23.2 Å². The van der Waals surface area contributed by atoms with E-state index in [9.17, 15) is 5.11 Å². The second-order valence-electron chi connectivity index (χ2n) is 7.05. The van der Waals surface area contributed by atoms with Crippen LogP contribution in [0.5, 0.6) is 5.75 Å². The summed E-state index contributed by atoms with van der Waals surface area (Å²) < 4.78 is 1.11. The third-order valence-corrected chi connectivity index (χ3v) is 6.06. The molecule has 1 aromatic heterocycles. The van der Waals surface area contributed by atoms with Crippen molar-refractivity contribution in [1.82, 2.24) is 9.88 Å². The number of aromatic hydroxyl groups is 1. The van der Waals surface area contributed by atoms with E-state index < -0.39 is 0 Å². The largest absolute Gasteiger partial charge is 0.504 e. The van der Waals surface area contributed by atoms with E-state index >= 15 is 0 Å². The summed E-state index contributed by atoms with van der Waals surface area (Å²) in [6.45, 7) is 2.88. The Morgan fingerprint density at radius 3 is 2.72 bits per heavy atom. The van der Waals surface area contributed by atoms with Crippen LogP contribution in [0, 0.1) is 0 Å². The van der Waals surface area contributed by atoms with Gasteiger partial charge >= 0.3 is 0 Å². The predicted molar refractivity (Wildman–Crippen MR) is 125 cm³/mol. The lowest BCUT2D eigenvalue weighted by atomic mass is 10.1. The van der Waals surface area contributed by atoms with E-state index in [1.165, 1.54) is 17.2 Å². The minimum Gasteiger partial charge on any atom is -0.504 e. The quantitative estimate of drug-likeness (QED) is 0.435. The van der Waals surface area contributed by atoms with Crippen LogP contribution in [-0.2, 0) is 6.54 Å². The smallest absolute Gasteiger partial charge is 0.160 e. The van der Waals surface area contributed by atoms with Crippen molar-refractivity contribution in [1.29, 1.82) is 0 Å². The van der Waals surface area contributed by atoms with Gasteiger partial charge in [0, 0.05) is 29.5 Å². The number of fused-ring (bicyclic) bond motifs is 1. The molecule has 6 heteroatoms. The summed E-state index contributed by atoms with van der Waals surface area (Å²) in [5, 5.41) is 11.6. The molecular weight excluding hydrogens is 471 g/mol. The summed E-state index contributed by atoms with van der Waals surface area (Å²) in [6.07, 6.45) is 7.29. The molecule has 0 spiro atoms. The maximum Gasteiger partial charge on any atom is 0.160 e. The molecule has 0 bridgehead atoms. The zero-order chi connectivity index (χ0) is 20.4. The summed E-state index contributed by atoms with van der Waals surface area (Å²) in [4.78, 5) is 6.94. The normalized spacial score (nSPS) is 15.2. The van der Waals surface area contributed by atoms with E-state index in [-0.39, 0.29) is 10.8 Å². The van der Waals surface area contributed by atoms with Crippen LogP contribution in [0.1, 0.15) is 17.7 Å². The molecule has 3 aromatic rings. The van der Waals surface area contributed by atoms with Gasteiger partial charge in [-0.1, -0.05) is 63.4 Å². The molecule has 1 aliphatic heterocycles. The number of benzene rings is 2. The molecule has 0 radical (unpaired) electrons. The van der Waals surface area contributed by atoms with Gasteiger partial charge in [0.2, 0.25) is 0 Å². The first-order chi connectivity index (χ1) is 14.0. The van der Waals surface area contributed by atoms with Crippen molar-refractivity contribution in [3.8, 4) is 5.75 Å². The molecule has 0 amide bonds. The van der Waals surface area contributed by atoms with E-state index in [1.54, 1.807) is 0 Å². The summed E-state index contributed by atoms with van der Waals surface area (Å²) in [5.41, 5.74) is 3.76. The minimum atomic E-state index is -0.0404. The van der Waals surface area contributed by atoms with Crippen molar-refractivity contribution in [3.05, 3.63) is 86.0 Å². The van der Waals surface area contributed by atoms with E-state index in [0.29, 0.717) is 15.9 Å². The fourth-order valence-electron chi connectivity index (χ4n) is 3.42. The molecule has 29 heavy (non-hydrogen) atoms. The standard InChI is InChI=1S/C23H19BrCl2N2O/c24-17-3-1-2-16(12-17)14-28-10-8-15(9-11-28)4-5-18-6-7-19-20(25)13-21(26)23(29)22(19)27-18/h1-8,12-13,29H,9-11,14H2/b5-4+. The molecule has 0 atom stereocenters. The third-order valence-electron chi connectivity index (χ3n) is 4.97. The monoisotopic (exact) mass is 488 g/mol. The maximum atomic E-state index is 10.2. The molecule has 3 nitrogen and oxygen atoms in total. The number of phenolic OH excluding ortho intramolecular Hbond substituents is 1. The number of phenols is 1. The number of nitrogens with zero attached hydrogens (tertiary/aromatic N) is 2. The number of allylic oxidation sites excluding steroid dienone is 1. The Bertz CT molecular complexity index is 1130. The average molecular weight is 490 g/mol. The number of hydrogen-bond acceptors (Lipinski definition) is 3. The summed E-state index contributed by atoms with van der Waals surface area (Å²) in [6, 6.07) is 13.7. The van der Waals surface area contributed by atoms with Gasteiger partial charge in [-0.2, -0.15) is 0 Å². The summed E-state index contributed by atoms with van der Waals surface area (Å²) >= 11 is 15.7. The Morgan fingerprint density at radius 1 is 1.10 bits per heavy atom. The number of hydrogen-bond donors (Lipinski definition) is 1. The van der Waals surface area contributed by atoms with Gasteiger partial charge in [-0.15, -0.1) is 0 Å². The first-order valence-corrected chi connectivity index (χ1v) is 10.9. The van der Waals surface area contributed by atoms with Crippen LogP contribution >= 0.6 is 39.1 Å². The van der Waals surface area contributed by atoms with Crippen LogP contribution in [-0.4, -0.2) is 28.1 Å². The van der Waals surface area contributed by atoms with Gasteiger partial charge in [0.25, 0.3) is 0 Å². The topological polar surface area (TPSA) is 36.4 Å². The van der Waals surface area contributed by atoms with Crippen molar-refractivity contribution in [2.24, 2.45) is 0 Å². The van der Waals surface area contributed by atoms with Gasteiger partial charge in [-0.3, -0.25) is 4.90 Å². The van der Waals surface area contributed by atoms with Crippen LogP contribution < -0.4 is 0 Å². The lowest BCUT2D eigenvalue weighted by Crippen LogP contribution is -2.28. The number of pyridine rings is 1. The molecule has 0 unspecified atom stereocenters. The highest BCUT2D eigenvalue weighted by Gasteiger charge is 2.12. The first-order valence-electron chi connectivity index (χ1n) is 9.31. The highest BCUT2D eigenvalue weighted by atomic mass is 79.9. The third kappa shape index (κ3) is 4.84. The van der Waals surface area contributed by atoms with Crippen molar-refractivity contribution in [2.75, 3.05) is 13.1 Å². The van der Waals surface area contributed by atoms with Crippen LogP contribution in [0.25, 0.3) is 17.0 Å². The van der Waals surface area contributed by atoms with Crippen LogP contribution in [0.4, 0.5) is 0 Å². The summed E-state index contributed by atoms with van der Waals surface area (Å²) in [7, 11) is 0. The highest BCUT2D eigenvalue weighted by molar-refractivity contribution is 9.10. The molecule has 2 aromatic carbocycles. The highest BCUT2D eigenvalue weighted by Crippen LogP contribution is 2.36. The van der Waals surface area contributed by atoms with E-state index in [2.05, 4.69) is 56.2 Å². The van der Waals surface area contributed by atoms with Gasteiger partial charge in [-0.25, -0.2) is 4.98 Å². The van der Waals surface area contributed by atoms with Crippen LogP contribution in [0.3, 0.4) is 0 Å². The minimum absolute atomic E-state index is 0.0404. The lowest BCUT2D eigenvalue weighted by molar-refractivity contribution is 0.287. The predicted octanol–water partition coefficient (Wildman–Crippen LogP) is 6.86. The van der Waals surface area contributed by atoms with Crippen molar-refractivity contribution in [3.63, 3.8) is 0 Å². The Labute approximate surface area is 188 Å². The van der Waals surface area contributed by atoms with E-state index in [0.717, 1.165) is 36.2 Å². The number of halogens is 3. The molecular formula is C23H19BrCl2N2O. The van der Waals surface area contributed by atoms with Gasteiger partial charge in [0.05, 0.1) is 15.7 Å². The molecule has 1 N–H and O–H groups in total. The Hall–Kier alpha value is -1.85. The average Bonchev–Trinajstić information content (AvgIpc) is 2.71. The lowest BCUT2D eigenvalue weighted by Gasteiger charge is -2.25. The van der Waals surface area contributed by atoms with E-state index in [1.807, 2.05) is 24.3 Å². The van der Waals surface area contributed by atoms with Gasteiger partial charge < -0.3 is 5.11 Å². The van der Waals surface area contributed by atoms with Crippen LogP contribution in [0.15, 0.2) is 64.7 Å². The molecule has 0 saturated carbocycles. The van der Waals surface area contributed by atoms with Gasteiger partial charge in [0.15, 0.2) is 5.75 Å². The number of rotatable bonds is 4. The second-order valence-corrected chi connectivity index (χ2v) is 8.78. The first kappa shape index (κ1) is 20.4. The molecule has 1 aliphatic rings. The molecule has 4 rings (SSSR count). The molecule has 0 aliphatic carbocycles. The van der Waals surface area contributed by atoms with Crippen molar-refractivity contribution < 1.29 is 5.11 Å². The number of aromatic nitrogens is 1. The zero-order valence-corrected chi connectivity index (χ0v) is 18.7. The Morgan fingerprint density at radius 2 is 1.97 bits per heavy atom. The summed E-state index contributed by atoms with van der Waals surface area (Å²) in [5.74, 6) is -0.0404. The fourth-order valence-corrected chi connectivity index (χ4v) is 4.38. The van der Waals surface area contributed by atoms with Crippen molar-refractivity contribution >= 4 is 56.1 Å². The maximum absolute atomic E-state index is 10.2. The Balaban J connectivity index is 1.46. The van der Waals surface area contributed by atoms with Gasteiger partial charge in [-0.05, 0) is 54.0 Å². The van der Waals surface area contributed by atoms with Gasteiger partial charge in [0.1, 0.15) is 5.52 Å². The molecule has 148 valence electrons. The zero-order valence-electron chi connectivity index (χ0n) is 15.6. The van der Waals surface area contributed by atoms with Crippen molar-refractivity contribution in [2.45, 2.75) is 13.0 Å². The second kappa shape index (κ2) is 8.88. The Kier molecular flexibility index (Phi) is 6.26.